The van der Waals surface area contributed by atoms with Gasteiger partial charge in [-0.1, -0.05) is 12.7 Å². The zero-order valence-electron chi connectivity index (χ0n) is 7.83. The molecule has 0 fully saturated rings. The van der Waals surface area contributed by atoms with Gasteiger partial charge in [-0.25, -0.2) is 4.98 Å². The van der Waals surface area contributed by atoms with E-state index < -0.39 is 0 Å². The smallest absolute Gasteiger partial charge is 0.136 e. The Morgan fingerprint density at radius 3 is 2.58 bits per heavy atom. The molecule has 0 saturated heterocycles. The van der Waals surface area contributed by atoms with E-state index in [2.05, 4.69) is 11.6 Å². The van der Waals surface area contributed by atoms with Gasteiger partial charge >= 0.3 is 0 Å². The number of aryl methyl sites for hydroxylation is 1. The van der Waals surface area contributed by atoms with Gasteiger partial charge < -0.3 is 4.57 Å². The first kappa shape index (κ1) is 8.78. The third kappa shape index (κ3) is 1.33. The summed E-state index contributed by atoms with van der Waals surface area (Å²) in [6, 6.07) is 0. The highest BCUT2D eigenvalue weighted by molar-refractivity contribution is 5.47. The lowest BCUT2D eigenvalue weighted by Gasteiger charge is -1.98. The molecule has 2 heteroatoms. The van der Waals surface area contributed by atoms with Gasteiger partial charge in [0.15, 0.2) is 0 Å². The van der Waals surface area contributed by atoms with Crippen LogP contribution in [-0.4, -0.2) is 9.55 Å². The summed E-state index contributed by atoms with van der Waals surface area (Å²) in [6.07, 6.45) is 5.73. The molecule has 0 saturated carbocycles. The lowest BCUT2D eigenvalue weighted by atomic mass is 10.4. The molecule has 0 radical (unpaired) electrons. The lowest BCUT2D eigenvalue weighted by Crippen LogP contribution is -1.91. The van der Waals surface area contributed by atoms with E-state index in [-0.39, 0.29) is 0 Å². The third-order valence-electron chi connectivity index (χ3n) is 1.91. The molecule has 0 unspecified atom stereocenters. The fraction of sp³-hybridized carbons (Fsp3) is 0.300. The Balaban J connectivity index is 3.28. The van der Waals surface area contributed by atoms with Gasteiger partial charge in [0.2, 0.25) is 0 Å². The number of hydrogen-bond acceptors (Lipinski definition) is 1. The first-order valence-corrected chi connectivity index (χ1v) is 4.01. The molecule has 2 nitrogen and oxygen atoms in total. The zero-order chi connectivity index (χ0) is 9.14. The molecule has 0 bridgehead atoms. The van der Waals surface area contributed by atoms with Crippen LogP contribution < -0.4 is 0 Å². The summed E-state index contributed by atoms with van der Waals surface area (Å²) in [4.78, 5) is 4.38. The van der Waals surface area contributed by atoms with Crippen LogP contribution >= 0.6 is 0 Å². The van der Waals surface area contributed by atoms with E-state index in [1.54, 1.807) is 6.20 Å². The minimum atomic E-state index is 0.947. The molecule has 0 N–H and O–H groups in total. The summed E-state index contributed by atoms with van der Waals surface area (Å²) in [5.74, 6) is 0.947. The summed E-state index contributed by atoms with van der Waals surface area (Å²) >= 11 is 0. The summed E-state index contributed by atoms with van der Waals surface area (Å²) in [7, 11) is 0. The summed E-state index contributed by atoms with van der Waals surface area (Å²) in [5.41, 5.74) is 2.21. The van der Waals surface area contributed by atoms with Gasteiger partial charge in [0, 0.05) is 11.9 Å². The van der Waals surface area contributed by atoms with Crippen LogP contribution in [0.4, 0.5) is 0 Å². The SMILES string of the molecule is C=Cn1c(/C=C\C)nc(C)c1C. The van der Waals surface area contributed by atoms with Gasteiger partial charge in [0.05, 0.1) is 5.69 Å². The van der Waals surface area contributed by atoms with Crippen molar-refractivity contribution in [2.24, 2.45) is 0 Å². The highest BCUT2D eigenvalue weighted by Crippen LogP contribution is 2.11. The Hall–Kier alpha value is -1.31. The Labute approximate surface area is 73.2 Å². The van der Waals surface area contributed by atoms with Gasteiger partial charge in [-0.2, -0.15) is 0 Å². The normalized spacial score (nSPS) is 10.9. The van der Waals surface area contributed by atoms with Crippen LogP contribution in [-0.2, 0) is 0 Å². The molecule has 1 heterocycles. The Morgan fingerprint density at radius 2 is 2.08 bits per heavy atom. The maximum atomic E-state index is 4.38. The Morgan fingerprint density at radius 1 is 1.42 bits per heavy atom. The fourth-order valence-corrected chi connectivity index (χ4v) is 1.15. The lowest BCUT2D eigenvalue weighted by molar-refractivity contribution is 1.05. The number of imidazole rings is 1. The molecular formula is C10H14N2. The number of allylic oxidation sites excluding steroid dienone is 1. The molecule has 12 heavy (non-hydrogen) atoms. The molecule has 64 valence electrons. The second-order valence-corrected chi connectivity index (χ2v) is 2.69. The minimum Gasteiger partial charge on any atom is -0.305 e. The monoisotopic (exact) mass is 162 g/mol. The van der Waals surface area contributed by atoms with Gasteiger partial charge in [0.1, 0.15) is 5.82 Å². The van der Waals surface area contributed by atoms with Gasteiger partial charge in [-0.05, 0) is 26.8 Å². The van der Waals surface area contributed by atoms with Gasteiger partial charge in [0.25, 0.3) is 0 Å². The standard InChI is InChI=1S/C10H14N2/c1-5-7-10-11-8(3)9(4)12(10)6-2/h5-7H,2H2,1,3-4H3/b7-5-. The maximum absolute atomic E-state index is 4.38. The van der Waals surface area contributed by atoms with E-state index in [4.69, 9.17) is 0 Å². The molecule has 1 aromatic rings. The van der Waals surface area contributed by atoms with E-state index >= 15 is 0 Å². The number of nitrogens with zero attached hydrogens (tertiary/aromatic N) is 2. The minimum absolute atomic E-state index is 0.947. The summed E-state index contributed by atoms with van der Waals surface area (Å²) in [5, 5.41) is 0. The van der Waals surface area contributed by atoms with E-state index in [9.17, 15) is 0 Å². The van der Waals surface area contributed by atoms with Crippen LogP contribution in [0.1, 0.15) is 24.1 Å². The van der Waals surface area contributed by atoms with Crippen molar-refractivity contribution in [1.82, 2.24) is 9.55 Å². The van der Waals surface area contributed by atoms with Crippen molar-refractivity contribution in [2.45, 2.75) is 20.8 Å². The molecule has 0 spiro atoms. The van der Waals surface area contributed by atoms with E-state index in [1.165, 1.54) is 0 Å². The largest absolute Gasteiger partial charge is 0.305 e. The highest BCUT2D eigenvalue weighted by atomic mass is 15.1. The van der Waals surface area contributed by atoms with Crippen molar-refractivity contribution >= 4 is 12.3 Å². The van der Waals surface area contributed by atoms with Crippen molar-refractivity contribution in [2.75, 3.05) is 0 Å². The van der Waals surface area contributed by atoms with Gasteiger partial charge in [-0.3, -0.25) is 0 Å². The van der Waals surface area contributed by atoms with Crippen LogP contribution in [0.15, 0.2) is 12.7 Å². The summed E-state index contributed by atoms with van der Waals surface area (Å²) in [6.45, 7) is 9.76. The van der Waals surface area contributed by atoms with Gasteiger partial charge in [-0.15, -0.1) is 0 Å². The van der Waals surface area contributed by atoms with E-state index in [0.29, 0.717) is 0 Å². The molecule has 0 atom stereocenters. The average Bonchev–Trinajstić information content (AvgIpc) is 2.29. The van der Waals surface area contributed by atoms with Crippen molar-refractivity contribution in [3.05, 3.63) is 29.9 Å². The van der Waals surface area contributed by atoms with Crippen LogP contribution in [0.3, 0.4) is 0 Å². The van der Waals surface area contributed by atoms with E-state index in [0.717, 1.165) is 17.2 Å². The van der Waals surface area contributed by atoms with Crippen LogP contribution in [0.5, 0.6) is 0 Å². The average molecular weight is 162 g/mol. The zero-order valence-corrected chi connectivity index (χ0v) is 7.83. The quantitative estimate of drug-likeness (QED) is 0.653. The number of rotatable bonds is 2. The van der Waals surface area contributed by atoms with Crippen molar-refractivity contribution in [1.29, 1.82) is 0 Å². The Kier molecular flexibility index (Phi) is 2.48. The van der Waals surface area contributed by atoms with Crippen molar-refractivity contribution in [3.8, 4) is 0 Å². The number of aromatic nitrogens is 2. The second kappa shape index (κ2) is 3.39. The molecule has 0 aliphatic carbocycles. The number of hydrogen-bond donors (Lipinski definition) is 0. The molecule has 0 amide bonds. The highest BCUT2D eigenvalue weighted by Gasteiger charge is 2.04. The van der Waals surface area contributed by atoms with Crippen molar-refractivity contribution in [3.63, 3.8) is 0 Å². The van der Waals surface area contributed by atoms with Crippen LogP contribution in [0.2, 0.25) is 0 Å². The van der Waals surface area contributed by atoms with Crippen molar-refractivity contribution < 1.29 is 0 Å². The first-order valence-electron chi connectivity index (χ1n) is 4.01. The molecule has 0 aromatic carbocycles. The predicted molar refractivity (Wildman–Crippen MR) is 52.8 cm³/mol. The predicted octanol–water partition coefficient (Wildman–Crippen LogP) is 2.63. The molecular weight excluding hydrogens is 148 g/mol. The topological polar surface area (TPSA) is 17.8 Å². The van der Waals surface area contributed by atoms with Crippen LogP contribution in [0, 0.1) is 13.8 Å². The van der Waals surface area contributed by atoms with Crippen LogP contribution in [0.25, 0.3) is 12.3 Å². The Bertz CT molecular complexity index is 319. The third-order valence-corrected chi connectivity index (χ3v) is 1.91. The maximum Gasteiger partial charge on any atom is 0.136 e. The molecule has 1 rings (SSSR count). The molecule has 1 aromatic heterocycles. The first-order chi connectivity index (χ1) is 5.70. The molecule has 0 aliphatic heterocycles. The van der Waals surface area contributed by atoms with E-state index in [1.807, 2.05) is 37.5 Å². The second-order valence-electron chi connectivity index (χ2n) is 2.69. The fourth-order valence-electron chi connectivity index (χ4n) is 1.15. The summed E-state index contributed by atoms with van der Waals surface area (Å²) < 4.78 is 1.98. The molecule has 0 aliphatic rings.